The van der Waals surface area contributed by atoms with E-state index in [9.17, 15) is 0 Å². The SMILES string of the molecule is CCCCn1ccc(C(N)C2CC2)c1. The molecular formula is C12H20N2. The van der Waals surface area contributed by atoms with Gasteiger partial charge in [-0.3, -0.25) is 0 Å². The summed E-state index contributed by atoms with van der Waals surface area (Å²) in [5, 5.41) is 0. The number of nitrogens with zero attached hydrogens (tertiary/aromatic N) is 1. The molecular weight excluding hydrogens is 172 g/mol. The molecule has 1 fully saturated rings. The van der Waals surface area contributed by atoms with Crippen molar-refractivity contribution in [2.75, 3.05) is 0 Å². The Kier molecular flexibility index (Phi) is 2.92. The quantitative estimate of drug-likeness (QED) is 0.764. The molecule has 78 valence electrons. The summed E-state index contributed by atoms with van der Waals surface area (Å²) < 4.78 is 2.26. The van der Waals surface area contributed by atoms with Crippen LogP contribution in [0.1, 0.15) is 44.2 Å². The van der Waals surface area contributed by atoms with Crippen molar-refractivity contribution in [3.63, 3.8) is 0 Å². The second-order valence-electron chi connectivity index (χ2n) is 4.40. The highest BCUT2D eigenvalue weighted by atomic mass is 14.9. The van der Waals surface area contributed by atoms with E-state index in [0.29, 0.717) is 0 Å². The first-order valence-electron chi connectivity index (χ1n) is 5.72. The van der Waals surface area contributed by atoms with E-state index in [0.717, 1.165) is 12.5 Å². The summed E-state index contributed by atoms with van der Waals surface area (Å²) in [5.41, 5.74) is 7.45. The van der Waals surface area contributed by atoms with Gasteiger partial charge >= 0.3 is 0 Å². The van der Waals surface area contributed by atoms with Gasteiger partial charge < -0.3 is 10.3 Å². The molecule has 2 N–H and O–H groups in total. The van der Waals surface area contributed by atoms with Crippen LogP contribution < -0.4 is 5.73 Å². The molecule has 14 heavy (non-hydrogen) atoms. The van der Waals surface area contributed by atoms with Gasteiger partial charge in [-0.25, -0.2) is 0 Å². The maximum absolute atomic E-state index is 6.13. The number of nitrogens with two attached hydrogens (primary N) is 1. The Morgan fingerprint density at radius 2 is 2.36 bits per heavy atom. The normalized spacial score (nSPS) is 18.4. The van der Waals surface area contributed by atoms with Gasteiger partial charge in [0.05, 0.1) is 0 Å². The van der Waals surface area contributed by atoms with Crippen LogP contribution in [0.5, 0.6) is 0 Å². The first kappa shape index (κ1) is 9.78. The molecule has 1 heterocycles. The highest BCUT2D eigenvalue weighted by Gasteiger charge is 2.29. The molecule has 0 amide bonds. The average molecular weight is 192 g/mol. The maximum Gasteiger partial charge on any atom is 0.0338 e. The minimum absolute atomic E-state index is 0.290. The van der Waals surface area contributed by atoms with Crippen LogP contribution in [0.4, 0.5) is 0 Å². The van der Waals surface area contributed by atoms with E-state index in [1.165, 1.54) is 31.2 Å². The molecule has 2 heteroatoms. The zero-order valence-electron chi connectivity index (χ0n) is 8.95. The molecule has 2 nitrogen and oxygen atoms in total. The van der Waals surface area contributed by atoms with Gasteiger partial charge in [0.25, 0.3) is 0 Å². The van der Waals surface area contributed by atoms with E-state index >= 15 is 0 Å². The highest BCUT2D eigenvalue weighted by molar-refractivity contribution is 5.17. The molecule has 1 saturated carbocycles. The largest absolute Gasteiger partial charge is 0.354 e. The topological polar surface area (TPSA) is 30.9 Å². The zero-order chi connectivity index (χ0) is 9.97. The standard InChI is InChI=1S/C12H20N2/c1-2-3-7-14-8-6-11(9-14)12(13)10-4-5-10/h6,8-10,12H,2-5,7,13H2,1H3. The lowest BCUT2D eigenvalue weighted by atomic mass is 10.1. The van der Waals surface area contributed by atoms with Gasteiger partial charge in [-0.15, -0.1) is 0 Å². The van der Waals surface area contributed by atoms with Crippen LogP contribution in [-0.2, 0) is 6.54 Å². The fraction of sp³-hybridized carbons (Fsp3) is 0.667. The van der Waals surface area contributed by atoms with E-state index in [1.807, 2.05) is 0 Å². The minimum Gasteiger partial charge on any atom is -0.354 e. The Morgan fingerprint density at radius 1 is 1.57 bits per heavy atom. The van der Waals surface area contributed by atoms with Gasteiger partial charge in [0.15, 0.2) is 0 Å². The van der Waals surface area contributed by atoms with Gasteiger partial charge in [0, 0.05) is 25.0 Å². The van der Waals surface area contributed by atoms with Gasteiger partial charge in [0.2, 0.25) is 0 Å². The maximum atomic E-state index is 6.13. The van der Waals surface area contributed by atoms with Gasteiger partial charge in [0.1, 0.15) is 0 Å². The van der Waals surface area contributed by atoms with Crippen LogP contribution in [-0.4, -0.2) is 4.57 Å². The second-order valence-corrected chi connectivity index (χ2v) is 4.40. The molecule has 0 aromatic carbocycles. The fourth-order valence-electron chi connectivity index (χ4n) is 1.86. The van der Waals surface area contributed by atoms with Crippen molar-refractivity contribution >= 4 is 0 Å². The lowest BCUT2D eigenvalue weighted by Crippen LogP contribution is -2.11. The lowest BCUT2D eigenvalue weighted by molar-refractivity contribution is 0.613. The Bertz CT molecular complexity index is 286. The van der Waals surface area contributed by atoms with Crippen LogP contribution >= 0.6 is 0 Å². The zero-order valence-corrected chi connectivity index (χ0v) is 8.95. The molecule has 1 aliphatic carbocycles. The Hall–Kier alpha value is -0.760. The van der Waals surface area contributed by atoms with Crippen molar-refractivity contribution < 1.29 is 0 Å². The molecule has 0 bridgehead atoms. The molecule has 1 atom stereocenters. The Labute approximate surface area is 86.1 Å². The summed E-state index contributed by atoms with van der Waals surface area (Å²) in [7, 11) is 0. The fourth-order valence-corrected chi connectivity index (χ4v) is 1.86. The third-order valence-electron chi connectivity index (χ3n) is 3.06. The summed E-state index contributed by atoms with van der Waals surface area (Å²) >= 11 is 0. The summed E-state index contributed by atoms with van der Waals surface area (Å²) in [6, 6.07) is 2.47. The monoisotopic (exact) mass is 192 g/mol. The number of aromatic nitrogens is 1. The predicted octanol–water partition coefficient (Wildman–Crippen LogP) is 2.70. The number of aryl methyl sites for hydroxylation is 1. The van der Waals surface area contributed by atoms with Crippen LogP contribution in [0.25, 0.3) is 0 Å². The smallest absolute Gasteiger partial charge is 0.0338 e. The minimum atomic E-state index is 0.290. The second kappa shape index (κ2) is 4.18. The third kappa shape index (κ3) is 2.18. The summed E-state index contributed by atoms with van der Waals surface area (Å²) in [6.07, 6.45) is 9.53. The summed E-state index contributed by atoms with van der Waals surface area (Å²) in [4.78, 5) is 0. The number of rotatable bonds is 5. The van der Waals surface area contributed by atoms with Crippen molar-refractivity contribution in [1.29, 1.82) is 0 Å². The number of hydrogen-bond acceptors (Lipinski definition) is 1. The van der Waals surface area contributed by atoms with Crippen molar-refractivity contribution in [2.45, 2.75) is 45.2 Å². The van der Waals surface area contributed by atoms with Gasteiger partial charge in [-0.1, -0.05) is 13.3 Å². The molecule has 0 spiro atoms. The van der Waals surface area contributed by atoms with Crippen LogP contribution in [0, 0.1) is 5.92 Å². The lowest BCUT2D eigenvalue weighted by Gasteiger charge is -2.07. The first-order valence-corrected chi connectivity index (χ1v) is 5.72. The predicted molar refractivity (Wildman–Crippen MR) is 59.0 cm³/mol. The Balaban J connectivity index is 1.94. The van der Waals surface area contributed by atoms with Crippen molar-refractivity contribution in [3.8, 4) is 0 Å². The number of unbranched alkanes of at least 4 members (excludes halogenated alkanes) is 1. The molecule has 2 rings (SSSR count). The Morgan fingerprint density at radius 3 is 3.00 bits per heavy atom. The van der Waals surface area contributed by atoms with E-state index in [1.54, 1.807) is 0 Å². The van der Waals surface area contributed by atoms with Crippen LogP contribution in [0.2, 0.25) is 0 Å². The third-order valence-corrected chi connectivity index (χ3v) is 3.06. The molecule has 1 aliphatic rings. The molecule has 1 aromatic heterocycles. The van der Waals surface area contributed by atoms with Crippen LogP contribution in [0.15, 0.2) is 18.5 Å². The first-order chi connectivity index (χ1) is 6.81. The van der Waals surface area contributed by atoms with Crippen molar-refractivity contribution in [3.05, 3.63) is 24.0 Å². The van der Waals surface area contributed by atoms with E-state index < -0.39 is 0 Å². The number of hydrogen-bond donors (Lipinski definition) is 1. The highest BCUT2D eigenvalue weighted by Crippen LogP contribution is 2.39. The van der Waals surface area contributed by atoms with Gasteiger partial charge in [-0.05, 0) is 36.8 Å². The molecule has 0 saturated heterocycles. The van der Waals surface area contributed by atoms with Gasteiger partial charge in [-0.2, -0.15) is 0 Å². The van der Waals surface area contributed by atoms with Crippen molar-refractivity contribution in [2.24, 2.45) is 11.7 Å². The molecule has 1 unspecified atom stereocenters. The summed E-state index contributed by atoms with van der Waals surface area (Å²) in [5.74, 6) is 0.761. The molecule has 0 radical (unpaired) electrons. The average Bonchev–Trinajstić information content (AvgIpc) is 2.94. The molecule has 0 aliphatic heterocycles. The van der Waals surface area contributed by atoms with Crippen LogP contribution in [0.3, 0.4) is 0 Å². The molecule has 1 aromatic rings. The summed E-state index contributed by atoms with van der Waals surface area (Å²) in [6.45, 7) is 3.36. The van der Waals surface area contributed by atoms with Crippen molar-refractivity contribution in [1.82, 2.24) is 4.57 Å². The van der Waals surface area contributed by atoms with E-state index in [-0.39, 0.29) is 6.04 Å². The van der Waals surface area contributed by atoms with E-state index in [4.69, 9.17) is 5.73 Å². The van der Waals surface area contributed by atoms with E-state index in [2.05, 4.69) is 30.0 Å².